The van der Waals surface area contributed by atoms with Crippen molar-refractivity contribution in [2.75, 3.05) is 0 Å². The van der Waals surface area contributed by atoms with Gasteiger partial charge in [0.1, 0.15) is 4.21 Å². The number of aliphatic hydroxyl groups is 1. The van der Waals surface area contributed by atoms with Crippen molar-refractivity contribution >= 4 is 21.4 Å². The molecule has 2 rings (SSSR count). The van der Waals surface area contributed by atoms with E-state index in [-0.39, 0.29) is 12.1 Å². The molecule has 1 aliphatic rings. The lowest BCUT2D eigenvalue weighted by molar-refractivity contribution is 0.285. The third-order valence-electron chi connectivity index (χ3n) is 3.49. The maximum Gasteiger partial charge on any atom is 0.250 e. The fourth-order valence-electron chi connectivity index (χ4n) is 2.41. The first-order valence-corrected chi connectivity index (χ1v) is 8.40. The molecule has 1 fully saturated rings. The Kier molecular flexibility index (Phi) is 3.82. The molecular weight excluding hydrogens is 270 g/mol. The van der Waals surface area contributed by atoms with Crippen LogP contribution in [0.25, 0.3) is 0 Å². The fourth-order valence-corrected chi connectivity index (χ4v) is 5.32. The Morgan fingerprint density at radius 2 is 2.06 bits per heavy atom. The first kappa shape index (κ1) is 14.0. The van der Waals surface area contributed by atoms with Crippen LogP contribution in [-0.2, 0) is 16.6 Å². The highest BCUT2D eigenvalue weighted by Gasteiger charge is 2.34. The average Bonchev–Trinajstić information content (AvgIpc) is 2.84. The molecule has 1 aliphatic carbocycles. The molecule has 0 aromatic carbocycles. The molecule has 18 heavy (non-hydrogen) atoms. The number of hydrogen-bond acceptors (Lipinski definition) is 4. The Balaban J connectivity index is 2.24. The van der Waals surface area contributed by atoms with E-state index in [9.17, 15) is 8.42 Å². The minimum absolute atomic E-state index is 0.108. The molecule has 102 valence electrons. The molecule has 6 heteroatoms. The molecule has 4 nitrogen and oxygen atoms in total. The summed E-state index contributed by atoms with van der Waals surface area (Å²) in [6.07, 6.45) is 3.93. The Bertz CT molecular complexity index is 528. The zero-order valence-electron chi connectivity index (χ0n) is 10.7. The van der Waals surface area contributed by atoms with Crippen molar-refractivity contribution in [1.82, 2.24) is 4.72 Å². The molecule has 0 unspecified atom stereocenters. The summed E-state index contributed by atoms with van der Waals surface area (Å²) in [5.41, 5.74) is 0.523. The van der Waals surface area contributed by atoms with Gasteiger partial charge in [0, 0.05) is 10.4 Å². The van der Waals surface area contributed by atoms with Gasteiger partial charge in [-0.25, -0.2) is 13.1 Å². The van der Waals surface area contributed by atoms with Crippen LogP contribution in [-0.4, -0.2) is 19.1 Å². The summed E-state index contributed by atoms with van der Waals surface area (Å²) in [4.78, 5) is 0.715. The summed E-state index contributed by atoms with van der Waals surface area (Å²) >= 11 is 1.15. The summed E-state index contributed by atoms with van der Waals surface area (Å²) in [6, 6.07) is 1.64. The van der Waals surface area contributed by atoms with Gasteiger partial charge in [-0.05, 0) is 38.3 Å². The fraction of sp³-hybridized carbons (Fsp3) is 0.667. The van der Waals surface area contributed by atoms with Gasteiger partial charge in [-0.15, -0.1) is 11.3 Å². The molecule has 0 saturated heterocycles. The van der Waals surface area contributed by atoms with Crippen molar-refractivity contribution in [3.05, 3.63) is 16.5 Å². The lowest BCUT2D eigenvalue weighted by Gasteiger charge is -2.24. The zero-order chi connectivity index (χ0) is 13.4. The van der Waals surface area contributed by atoms with Crippen LogP contribution in [0.1, 0.15) is 43.0 Å². The molecule has 0 radical (unpaired) electrons. The minimum atomic E-state index is -3.46. The Morgan fingerprint density at radius 1 is 1.44 bits per heavy atom. The Morgan fingerprint density at radius 3 is 2.56 bits per heavy atom. The molecule has 1 aromatic rings. The van der Waals surface area contributed by atoms with Crippen molar-refractivity contribution in [3.63, 3.8) is 0 Å². The van der Waals surface area contributed by atoms with Crippen LogP contribution in [0.5, 0.6) is 0 Å². The normalized spacial score (nSPS) is 19.3. The minimum Gasteiger partial charge on any atom is -0.391 e. The molecule has 0 amide bonds. The van der Waals surface area contributed by atoms with E-state index < -0.39 is 10.0 Å². The second kappa shape index (κ2) is 4.92. The van der Waals surface area contributed by atoms with Gasteiger partial charge in [0.05, 0.1) is 6.61 Å². The summed E-state index contributed by atoms with van der Waals surface area (Å²) < 4.78 is 27.7. The molecule has 1 saturated carbocycles. The quantitative estimate of drug-likeness (QED) is 0.892. The molecule has 0 atom stereocenters. The lowest BCUT2D eigenvalue weighted by Crippen LogP contribution is -2.43. The number of nitrogens with one attached hydrogen (secondary N) is 1. The van der Waals surface area contributed by atoms with E-state index in [1.807, 2.05) is 13.8 Å². The topological polar surface area (TPSA) is 66.4 Å². The third-order valence-corrected chi connectivity index (χ3v) is 6.83. The van der Waals surface area contributed by atoms with Crippen LogP contribution >= 0.6 is 11.3 Å². The van der Waals surface area contributed by atoms with Gasteiger partial charge in [0.15, 0.2) is 0 Å². The van der Waals surface area contributed by atoms with Crippen LogP contribution in [0.4, 0.5) is 0 Å². The van der Waals surface area contributed by atoms with E-state index in [1.165, 1.54) is 0 Å². The maximum absolute atomic E-state index is 12.3. The highest BCUT2D eigenvalue weighted by Crippen LogP contribution is 2.32. The lowest BCUT2D eigenvalue weighted by atomic mass is 10.0. The van der Waals surface area contributed by atoms with Crippen molar-refractivity contribution in [2.24, 2.45) is 0 Å². The van der Waals surface area contributed by atoms with Gasteiger partial charge < -0.3 is 5.11 Å². The molecule has 1 aromatic heterocycles. The number of aryl methyl sites for hydroxylation is 1. The number of rotatable bonds is 4. The monoisotopic (exact) mass is 289 g/mol. The SMILES string of the molecule is Cc1cc(S(=O)(=O)NC2(C)CCCC2)sc1CO. The third kappa shape index (κ3) is 2.77. The molecule has 0 aliphatic heterocycles. The van der Waals surface area contributed by atoms with Gasteiger partial charge in [0.2, 0.25) is 0 Å². The van der Waals surface area contributed by atoms with Crippen LogP contribution in [0.2, 0.25) is 0 Å². The predicted octanol–water partition coefficient (Wildman–Crippen LogP) is 2.16. The maximum atomic E-state index is 12.3. The molecule has 2 N–H and O–H groups in total. The van der Waals surface area contributed by atoms with E-state index in [0.717, 1.165) is 42.6 Å². The van der Waals surface area contributed by atoms with E-state index in [1.54, 1.807) is 6.07 Å². The van der Waals surface area contributed by atoms with Gasteiger partial charge in [-0.3, -0.25) is 0 Å². The van der Waals surface area contributed by atoms with Crippen molar-refractivity contribution in [2.45, 2.75) is 55.9 Å². The van der Waals surface area contributed by atoms with E-state index >= 15 is 0 Å². The molecular formula is C12H19NO3S2. The van der Waals surface area contributed by atoms with Gasteiger partial charge in [-0.2, -0.15) is 0 Å². The summed E-state index contributed by atoms with van der Waals surface area (Å²) in [5.74, 6) is 0. The van der Waals surface area contributed by atoms with Gasteiger partial charge in [0.25, 0.3) is 10.0 Å². The van der Waals surface area contributed by atoms with Crippen LogP contribution in [0.3, 0.4) is 0 Å². The standard InChI is InChI=1S/C12H19NO3S2/c1-9-7-11(17-10(9)8-14)18(15,16)13-12(2)5-3-4-6-12/h7,13-14H,3-6,8H2,1-2H3. The van der Waals surface area contributed by atoms with Gasteiger partial charge in [-0.1, -0.05) is 12.8 Å². The second-order valence-corrected chi connectivity index (χ2v) is 8.25. The van der Waals surface area contributed by atoms with Crippen molar-refractivity contribution < 1.29 is 13.5 Å². The van der Waals surface area contributed by atoms with Crippen LogP contribution < -0.4 is 4.72 Å². The first-order valence-electron chi connectivity index (χ1n) is 6.10. The van der Waals surface area contributed by atoms with E-state index in [0.29, 0.717) is 9.09 Å². The van der Waals surface area contributed by atoms with Gasteiger partial charge >= 0.3 is 0 Å². The van der Waals surface area contributed by atoms with E-state index in [2.05, 4.69) is 4.72 Å². The highest BCUT2D eigenvalue weighted by molar-refractivity contribution is 7.91. The first-order chi connectivity index (χ1) is 8.36. The number of hydrogen-bond donors (Lipinski definition) is 2. The van der Waals surface area contributed by atoms with Crippen LogP contribution in [0, 0.1) is 6.92 Å². The highest BCUT2D eigenvalue weighted by atomic mass is 32.2. The molecule has 0 bridgehead atoms. The van der Waals surface area contributed by atoms with Crippen LogP contribution in [0.15, 0.2) is 10.3 Å². The summed E-state index contributed by atoms with van der Waals surface area (Å²) in [6.45, 7) is 3.67. The smallest absolute Gasteiger partial charge is 0.250 e. The molecule has 1 heterocycles. The Hall–Kier alpha value is -0.430. The summed E-state index contributed by atoms with van der Waals surface area (Å²) in [7, 11) is -3.46. The summed E-state index contributed by atoms with van der Waals surface area (Å²) in [5, 5.41) is 9.13. The average molecular weight is 289 g/mol. The van der Waals surface area contributed by atoms with Crippen molar-refractivity contribution in [1.29, 1.82) is 0 Å². The Labute approximate surface area is 112 Å². The van der Waals surface area contributed by atoms with Crippen molar-refractivity contribution in [3.8, 4) is 0 Å². The number of sulfonamides is 1. The van der Waals surface area contributed by atoms with E-state index in [4.69, 9.17) is 5.11 Å². The predicted molar refractivity (Wildman–Crippen MR) is 72.2 cm³/mol. The number of aliphatic hydroxyl groups excluding tert-OH is 1. The second-order valence-electron chi connectivity index (χ2n) is 5.20. The molecule has 0 spiro atoms. The zero-order valence-corrected chi connectivity index (χ0v) is 12.3. The number of thiophene rings is 1. The largest absolute Gasteiger partial charge is 0.391 e.